The van der Waals surface area contributed by atoms with Crippen LogP contribution in [0.25, 0.3) is 0 Å². The predicted octanol–water partition coefficient (Wildman–Crippen LogP) is 3.62. The SMILES string of the molecule is CNC(=O)C1Cc2ccccc2CN1S(=O)(=O)c1c(Cl)cc(Br)cc1Cl. The highest BCUT2D eigenvalue weighted by Crippen LogP contribution is 2.37. The van der Waals surface area contributed by atoms with E-state index in [1.807, 2.05) is 24.3 Å². The van der Waals surface area contributed by atoms with Crippen molar-refractivity contribution in [3.8, 4) is 0 Å². The van der Waals surface area contributed by atoms with Crippen LogP contribution in [0.4, 0.5) is 0 Å². The lowest BCUT2D eigenvalue weighted by Crippen LogP contribution is -2.51. The molecule has 3 rings (SSSR count). The number of hydrogen-bond acceptors (Lipinski definition) is 3. The molecule has 1 amide bonds. The van der Waals surface area contributed by atoms with Crippen molar-refractivity contribution >= 4 is 55.1 Å². The zero-order valence-corrected chi connectivity index (χ0v) is 17.6. The van der Waals surface area contributed by atoms with Crippen molar-refractivity contribution in [3.05, 3.63) is 62.0 Å². The first kappa shape index (κ1) is 19.6. The molecule has 1 aliphatic heterocycles. The molecule has 9 heteroatoms. The highest BCUT2D eigenvalue weighted by Gasteiger charge is 2.41. The van der Waals surface area contributed by atoms with Crippen LogP contribution in [-0.2, 0) is 27.8 Å². The van der Waals surface area contributed by atoms with E-state index in [1.165, 1.54) is 19.2 Å². The molecule has 0 radical (unpaired) electrons. The van der Waals surface area contributed by atoms with Crippen LogP contribution in [0.2, 0.25) is 10.0 Å². The fourth-order valence-corrected chi connectivity index (χ4v) is 6.49. The van der Waals surface area contributed by atoms with Crippen LogP contribution >= 0.6 is 39.1 Å². The average molecular weight is 478 g/mol. The molecule has 1 N–H and O–H groups in total. The number of nitrogens with zero attached hydrogens (tertiary/aromatic N) is 1. The van der Waals surface area contributed by atoms with Gasteiger partial charge in [0.2, 0.25) is 15.9 Å². The number of halogens is 3. The van der Waals surface area contributed by atoms with Crippen molar-refractivity contribution in [1.29, 1.82) is 0 Å². The predicted molar refractivity (Wildman–Crippen MR) is 105 cm³/mol. The zero-order chi connectivity index (χ0) is 19.1. The largest absolute Gasteiger partial charge is 0.358 e. The second-order valence-electron chi connectivity index (χ2n) is 5.85. The second kappa shape index (κ2) is 7.48. The van der Waals surface area contributed by atoms with Crippen LogP contribution in [-0.4, -0.2) is 31.7 Å². The number of carbonyl (C=O) groups is 1. The van der Waals surface area contributed by atoms with E-state index in [1.54, 1.807) is 0 Å². The molecule has 0 aliphatic carbocycles. The summed E-state index contributed by atoms with van der Waals surface area (Å²) in [6.07, 6.45) is 0.279. The molecule has 2 aromatic carbocycles. The number of sulfonamides is 1. The van der Waals surface area contributed by atoms with E-state index in [-0.39, 0.29) is 33.8 Å². The summed E-state index contributed by atoms with van der Waals surface area (Å²) >= 11 is 15.6. The van der Waals surface area contributed by atoms with Gasteiger partial charge in [-0.15, -0.1) is 0 Å². The van der Waals surface area contributed by atoms with Crippen molar-refractivity contribution < 1.29 is 13.2 Å². The Bertz CT molecular complexity index is 959. The Morgan fingerprint density at radius 2 is 1.77 bits per heavy atom. The van der Waals surface area contributed by atoms with Crippen LogP contribution in [0, 0.1) is 0 Å². The van der Waals surface area contributed by atoms with E-state index >= 15 is 0 Å². The number of hydrogen-bond donors (Lipinski definition) is 1. The molecule has 0 bridgehead atoms. The van der Waals surface area contributed by atoms with E-state index in [9.17, 15) is 13.2 Å². The molecule has 0 aromatic heterocycles. The molecule has 138 valence electrons. The molecule has 0 saturated heterocycles. The Hall–Kier alpha value is -1.12. The van der Waals surface area contributed by atoms with Crippen LogP contribution in [0.1, 0.15) is 11.1 Å². The maximum Gasteiger partial charge on any atom is 0.247 e. The standard InChI is InChI=1S/C17H15BrCl2N2O3S/c1-21-17(23)15-6-10-4-2-3-5-11(10)9-22(15)26(24,25)16-13(19)7-12(18)8-14(16)20/h2-5,7-8,15H,6,9H2,1H3,(H,21,23). The van der Waals surface area contributed by atoms with Gasteiger partial charge in [0.1, 0.15) is 10.9 Å². The lowest BCUT2D eigenvalue weighted by atomic mass is 9.95. The molecule has 1 aliphatic rings. The van der Waals surface area contributed by atoms with E-state index in [2.05, 4.69) is 21.2 Å². The Balaban J connectivity index is 2.14. The minimum absolute atomic E-state index is 0.00103. The van der Waals surface area contributed by atoms with Crippen molar-refractivity contribution in [2.75, 3.05) is 7.05 Å². The lowest BCUT2D eigenvalue weighted by molar-refractivity contribution is -0.124. The summed E-state index contributed by atoms with van der Waals surface area (Å²) in [5.74, 6) is -0.382. The second-order valence-corrected chi connectivity index (χ2v) is 9.41. The topological polar surface area (TPSA) is 66.5 Å². The molecule has 1 heterocycles. The maximum absolute atomic E-state index is 13.3. The van der Waals surface area contributed by atoms with Gasteiger partial charge in [-0.05, 0) is 29.7 Å². The smallest absolute Gasteiger partial charge is 0.247 e. The van der Waals surface area contributed by atoms with Crippen molar-refractivity contribution in [2.24, 2.45) is 0 Å². The van der Waals surface area contributed by atoms with Gasteiger partial charge in [0.15, 0.2) is 0 Å². The third-order valence-electron chi connectivity index (χ3n) is 4.28. The van der Waals surface area contributed by atoms with Crippen molar-refractivity contribution in [3.63, 3.8) is 0 Å². The molecule has 1 unspecified atom stereocenters. The van der Waals surface area contributed by atoms with Gasteiger partial charge in [0, 0.05) is 18.1 Å². The highest BCUT2D eigenvalue weighted by atomic mass is 79.9. The first-order valence-corrected chi connectivity index (χ1v) is 10.7. The number of carbonyl (C=O) groups excluding carboxylic acids is 1. The summed E-state index contributed by atoms with van der Waals surface area (Å²) in [5.41, 5.74) is 1.79. The molecule has 2 aromatic rings. The summed E-state index contributed by atoms with van der Waals surface area (Å²) in [4.78, 5) is 12.2. The molecular formula is C17H15BrCl2N2O3S. The summed E-state index contributed by atoms with van der Waals surface area (Å²) in [7, 11) is -2.62. The fourth-order valence-electron chi connectivity index (χ4n) is 3.03. The average Bonchev–Trinajstić information content (AvgIpc) is 2.58. The molecule has 0 saturated carbocycles. The van der Waals surface area contributed by atoms with Gasteiger partial charge in [-0.1, -0.05) is 63.4 Å². The number of fused-ring (bicyclic) bond motifs is 1. The first-order valence-electron chi connectivity index (χ1n) is 7.70. The van der Waals surface area contributed by atoms with Crippen molar-refractivity contribution in [2.45, 2.75) is 23.9 Å². The fraction of sp³-hybridized carbons (Fsp3) is 0.235. The lowest BCUT2D eigenvalue weighted by Gasteiger charge is -2.35. The van der Waals surface area contributed by atoms with E-state index in [0.29, 0.717) is 4.47 Å². The normalized spacial score (nSPS) is 17.6. The third kappa shape index (κ3) is 3.51. The number of likely N-dealkylation sites (N-methyl/N-ethyl adjacent to an activating group) is 1. The molecular weight excluding hydrogens is 463 g/mol. The number of nitrogens with one attached hydrogen (secondary N) is 1. The zero-order valence-electron chi connectivity index (χ0n) is 13.7. The van der Waals surface area contributed by atoms with Gasteiger partial charge < -0.3 is 5.32 Å². The van der Waals surface area contributed by atoms with E-state index in [0.717, 1.165) is 15.4 Å². The third-order valence-corrected chi connectivity index (χ3v) is 7.52. The van der Waals surface area contributed by atoms with Gasteiger partial charge in [-0.25, -0.2) is 8.42 Å². The summed E-state index contributed by atoms with van der Waals surface area (Å²) in [6.45, 7) is 0.0688. The van der Waals surface area contributed by atoms with Gasteiger partial charge in [-0.3, -0.25) is 4.79 Å². The van der Waals surface area contributed by atoms with E-state index < -0.39 is 16.1 Å². The van der Waals surface area contributed by atoms with Crippen molar-refractivity contribution in [1.82, 2.24) is 9.62 Å². The number of rotatable bonds is 3. The molecule has 26 heavy (non-hydrogen) atoms. The van der Waals surface area contributed by atoms with Crippen LogP contribution in [0.15, 0.2) is 45.8 Å². The van der Waals surface area contributed by atoms with Crippen LogP contribution in [0.5, 0.6) is 0 Å². The minimum Gasteiger partial charge on any atom is -0.358 e. The number of benzene rings is 2. The van der Waals surface area contributed by atoms with Crippen LogP contribution < -0.4 is 5.32 Å². The number of amides is 1. The summed E-state index contributed by atoms with van der Waals surface area (Å²) in [6, 6.07) is 9.50. The van der Waals surface area contributed by atoms with Gasteiger partial charge in [0.25, 0.3) is 0 Å². The maximum atomic E-state index is 13.3. The Kier molecular flexibility index (Phi) is 5.65. The van der Waals surface area contributed by atoms with Gasteiger partial charge in [-0.2, -0.15) is 4.31 Å². The Labute approximate surface area is 170 Å². The Morgan fingerprint density at radius 3 is 2.35 bits per heavy atom. The molecule has 0 fully saturated rings. The Morgan fingerprint density at radius 1 is 1.19 bits per heavy atom. The van der Waals surface area contributed by atoms with Crippen LogP contribution in [0.3, 0.4) is 0 Å². The highest BCUT2D eigenvalue weighted by molar-refractivity contribution is 9.10. The monoisotopic (exact) mass is 476 g/mol. The van der Waals surface area contributed by atoms with E-state index in [4.69, 9.17) is 23.2 Å². The van der Waals surface area contributed by atoms with Gasteiger partial charge >= 0.3 is 0 Å². The molecule has 1 atom stereocenters. The summed E-state index contributed by atoms with van der Waals surface area (Å²) in [5, 5.41) is 2.54. The molecule has 0 spiro atoms. The minimum atomic E-state index is -4.10. The summed E-state index contributed by atoms with van der Waals surface area (Å²) < 4.78 is 28.4. The first-order chi connectivity index (χ1) is 12.3. The molecule has 5 nitrogen and oxygen atoms in total. The quantitative estimate of drug-likeness (QED) is 0.734. The van der Waals surface area contributed by atoms with Gasteiger partial charge in [0.05, 0.1) is 10.0 Å².